The quantitative estimate of drug-likeness (QED) is 0.478. The highest BCUT2D eigenvalue weighted by atomic mass is 35.5. The molecule has 18 heavy (non-hydrogen) atoms. The summed E-state index contributed by atoms with van der Waals surface area (Å²) in [6.45, 7) is 2.41. The predicted octanol–water partition coefficient (Wildman–Crippen LogP) is 2.80. The van der Waals surface area contributed by atoms with E-state index in [9.17, 15) is 8.78 Å². The lowest BCUT2D eigenvalue weighted by molar-refractivity contribution is 0.169. The van der Waals surface area contributed by atoms with Crippen LogP contribution in [0.4, 0.5) is 8.78 Å². The van der Waals surface area contributed by atoms with E-state index in [0.717, 1.165) is 12.1 Å². The van der Waals surface area contributed by atoms with Crippen LogP contribution < -0.4 is 11.3 Å². The molecule has 1 rings (SSSR count). The molecule has 0 bridgehead atoms. The van der Waals surface area contributed by atoms with Gasteiger partial charge in [-0.15, -0.1) is 0 Å². The van der Waals surface area contributed by atoms with Gasteiger partial charge in [0.2, 0.25) is 0 Å². The fourth-order valence-electron chi connectivity index (χ4n) is 1.81. The first-order chi connectivity index (χ1) is 8.51. The van der Waals surface area contributed by atoms with Crippen molar-refractivity contribution in [1.82, 2.24) is 5.43 Å². The Kier molecular flexibility index (Phi) is 5.95. The van der Waals surface area contributed by atoms with Crippen molar-refractivity contribution in [2.45, 2.75) is 19.4 Å². The lowest BCUT2D eigenvalue weighted by atomic mass is 9.92. The molecule has 0 aliphatic carbocycles. The highest BCUT2D eigenvalue weighted by Crippen LogP contribution is 2.29. The van der Waals surface area contributed by atoms with Gasteiger partial charge in [-0.2, -0.15) is 0 Å². The summed E-state index contributed by atoms with van der Waals surface area (Å²) in [5.74, 6) is 4.18. The van der Waals surface area contributed by atoms with Gasteiger partial charge in [-0.1, -0.05) is 18.5 Å². The van der Waals surface area contributed by atoms with Gasteiger partial charge in [0, 0.05) is 19.3 Å². The predicted molar refractivity (Wildman–Crippen MR) is 67.1 cm³/mol. The number of nitrogens with two attached hydrogens (primary N) is 1. The minimum absolute atomic E-state index is 0.00924. The fourth-order valence-corrected chi connectivity index (χ4v) is 1.96. The molecule has 2 atom stereocenters. The smallest absolute Gasteiger partial charge is 0.142 e. The Morgan fingerprint density at radius 2 is 2.06 bits per heavy atom. The number of nitrogens with one attached hydrogen (secondary N) is 1. The number of ether oxygens (including phenoxy) is 1. The normalized spacial score (nSPS) is 14.6. The van der Waals surface area contributed by atoms with Crippen LogP contribution in [-0.2, 0) is 4.74 Å². The number of rotatable bonds is 6. The molecule has 3 N–H and O–H groups in total. The average Bonchev–Trinajstić information content (AvgIpc) is 2.33. The molecule has 0 aliphatic heterocycles. The molecule has 102 valence electrons. The summed E-state index contributed by atoms with van der Waals surface area (Å²) < 4.78 is 32.1. The lowest BCUT2D eigenvalue weighted by Crippen LogP contribution is -2.33. The van der Waals surface area contributed by atoms with Gasteiger partial charge in [0.15, 0.2) is 0 Å². The Balaban J connectivity index is 2.97. The maximum Gasteiger partial charge on any atom is 0.142 e. The molecule has 2 unspecified atom stereocenters. The third kappa shape index (κ3) is 3.62. The summed E-state index contributed by atoms with van der Waals surface area (Å²) in [6, 6.07) is 1.54. The average molecular weight is 279 g/mol. The van der Waals surface area contributed by atoms with Crippen LogP contribution in [0.2, 0.25) is 5.02 Å². The van der Waals surface area contributed by atoms with Gasteiger partial charge in [0.1, 0.15) is 11.6 Å². The minimum Gasteiger partial charge on any atom is -0.385 e. The summed E-state index contributed by atoms with van der Waals surface area (Å²) in [5.41, 5.74) is 2.68. The van der Waals surface area contributed by atoms with E-state index in [1.54, 1.807) is 7.11 Å². The second-order valence-corrected chi connectivity index (χ2v) is 4.60. The van der Waals surface area contributed by atoms with Gasteiger partial charge >= 0.3 is 0 Å². The zero-order valence-electron chi connectivity index (χ0n) is 10.3. The number of methoxy groups -OCH3 is 1. The SMILES string of the molecule is COCCC(C)C(NN)c1cc(F)c(Cl)cc1F. The van der Waals surface area contributed by atoms with Gasteiger partial charge in [-0.3, -0.25) is 11.3 Å². The summed E-state index contributed by atoms with van der Waals surface area (Å²) >= 11 is 5.51. The van der Waals surface area contributed by atoms with Crippen molar-refractivity contribution in [2.24, 2.45) is 11.8 Å². The van der Waals surface area contributed by atoms with Crippen molar-refractivity contribution >= 4 is 11.6 Å². The van der Waals surface area contributed by atoms with E-state index in [1.165, 1.54) is 0 Å². The Labute approximate surface area is 110 Å². The molecule has 0 aliphatic rings. The van der Waals surface area contributed by atoms with Crippen LogP contribution in [-0.4, -0.2) is 13.7 Å². The first kappa shape index (κ1) is 15.3. The molecule has 0 spiro atoms. The Hall–Kier alpha value is -0.750. The molecule has 3 nitrogen and oxygen atoms in total. The van der Waals surface area contributed by atoms with E-state index >= 15 is 0 Å². The van der Waals surface area contributed by atoms with Crippen molar-refractivity contribution in [1.29, 1.82) is 0 Å². The van der Waals surface area contributed by atoms with Crippen LogP contribution >= 0.6 is 11.6 Å². The van der Waals surface area contributed by atoms with Gasteiger partial charge in [0.25, 0.3) is 0 Å². The highest BCUT2D eigenvalue weighted by molar-refractivity contribution is 6.30. The summed E-state index contributed by atoms with van der Waals surface area (Å²) in [7, 11) is 1.58. The summed E-state index contributed by atoms with van der Waals surface area (Å²) in [4.78, 5) is 0. The monoisotopic (exact) mass is 278 g/mol. The number of halogens is 3. The van der Waals surface area contributed by atoms with Gasteiger partial charge in [-0.25, -0.2) is 8.78 Å². The van der Waals surface area contributed by atoms with E-state index in [2.05, 4.69) is 5.43 Å². The van der Waals surface area contributed by atoms with E-state index in [0.29, 0.717) is 13.0 Å². The van der Waals surface area contributed by atoms with E-state index < -0.39 is 17.7 Å². The third-order valence-electron chi connectivity index (χ3n) is 2.90. The molecular formula is C12H17ClF2N2O. The topological polar surface area (TPSA) is 47.3 Å². The van der Waals surface area contributed by atoms with Crippen LogP contribution in [0.1, 0.15) is 24.9 Å². The number of hydrogen-bond donors (Lipinski definition) is 2. The van der Waals surface area contributed by atoms with Crippen LogP contribution in [0.25, 0.3) is 0 Å². The largest absolute Gasteiger partial charge is 0.385 e. The van der Waals surface area contributed by atoms with Crippen molar-refractivity contribution in [2.75, 3.05) is 13.7 Å². The van der Waals surface area contributed by atoms with Crippen LogP contribution in [0.3, 0.4) is 0 Å². The van der Waals surface area contributed by atoms with E-state index in [-0.39, 0.29) is 16.5 Å². The number of benzene rings is 1. The highest BCUT2D eigenvalue weighted by Gasteiger charge is 2.22. The summed E-state index contributed by atoms with van der Waals surface area (Å²) in [5, 5.41) is -0.239. The maximum absolute atomic E-state index is 13.8. The number of hydrogen-bond acceptors (Lipinski definition) is 3. The second kappa shape index (κ2) is 6.99. The van der Waals surface area contributed by atoms with Gasteiger partial charge < -0.3 is 4.74 Å². The lowest BCUT2D eigenvalue weighted by Gasteiger charge is -2.24. The zero-order valence-corrected chi connectivity index (χ0v) is 11.1. The molecular weight excluding hydrogens is 262 g/mol. The fraction of sp³-hybridized carbons (Fsp3) is 0.500. The zero-order chi connectivity index (χ0) is 13.7. The second-order valence-electron chi connectivity index (χ2n) is 4.19. The first-order valence-electron chi connectivity index (χ1n) is 5.60. The van der Waals surface area contributed by atoms with Crippen LogP contribution in [0.15, 0.2) is 12.1 Å². The molecule has 0 amide bonds. The number of hydrazine groups is 1. The molecule has 0 radical (unpaired) electrons. The minimum atomic E-state index is -0.660. The molecule has 0 saturated heterocycles. The van der Waals surface area contributed by atoms with Crippen LogP contribution in [0, 0.1) is 17.6 Å². The van der Waals surface area contributed by atoms with Crippen molar-refractivity contribution < 1.29 is 13.5 Å². The van der Waals surface area contributed by atoms with Crippen molar-refractivity contribution in [3.63, 3.8) is 0 Å². The molecule has 0 saturated carbocycles. The van der Waals surface area contributed by atoms with Gasteiger partial charge in [0.05, 0.1) is 11.1 Å². The van der Waals surface area contributed by atoms with E-state index in [1.807, 2.05) is 6.92 Å². The third-order valence-corrected chi connectivity index (χ3v) is 3.19. The molecule has 0 fully saturated rings. The Morgan fingerprint density at radius 3 is 2.61 bits per heavy atom. The van der Waals surface area contributed by atoms with Crippen molar-refractivity contribution in [3.05, 3.63) is 34.4 Å². The van der Waals surface area contributed by atoms with E-state index in [4.69, 9.17) is 22.2 Å². The van der Waals surface area contributed by atoms with Gasteiger partial charge in [-0.05, 0) is 24.5 Å². The Bertz CT molecular complexity index is 404. The standard InChI is InChI=1S/C12H17ClF2N2O/c1-7(3-4-18-2)12(17-16)8-5-11(15)9(13)6-10(8)14/h5-7,12,17H,3-4,16H2,1-2H3. The molecule has 1 aromatic carbocycles. The maximum atomic E-state index is 13.8. The molecule has 6 heteroatoms. The Morgan fingerprint density at radius 1 is 1.39 bits per heavy atom. The molecule has 1 aromatic rings. The van der Waals surface area contributed by atoms with Crippen molar-refractivity contribution in [3.8, 4) is 0 Å². The first-order valence-corrected chi connectivity index (χ1v) is 5.98. The molecule has 0 heterocycles. The van der Waals surface area contributed by atoms with Crippen LogP contribution in [0.5, 0.6) is 0 Å². The molecule has 0 aromatic heterocycles. The summed E-state index contributed by atoms with van der Waals surface area (Å²) in [6.07, 6.45) is 0.676.